The van der Waals surface area contributed by atoms with Crippen molar-refractivity contribution in [3.05, 3.63) is 34.1 Å². The molecular weight excluding hydrogens is 272 g/mol. The summed E-state index contributed by atoms with van der Waals surface area (Å²) in [5, 5.41) is 17.7. The number of nitrogens with zero attached hydrogens (tertiary/aromatic N) is 4. The maximum Gasteiger partial charge on any atom is 0.341 e. The third-order valence-corrected chi connectivity index (χ3v) is 3.58. The van der Waals surface area contributed by atoms with Gasteiger partial charge in [-0.25, -0.2) is 9.48 Å². The summed E-state index contributed by atoms with van der Waals surface area (Å²) in [7, 11) is 0. The van der Waals surface area contributed by atoms with E-state index in [9.17, 15) is 14.7 Å². The molecule has 3 aromatic rings. The third-order valence-electron chi connectivity index (χ3n) is 3.58. The number of aromatic nitrogens is 4. The first kappa shape index (κ1) is 13.3. The molecule has 0 aliphatic rings. The van der Waals surface area contributed by atoms with E-state index in [0.29, 0.717) is 29.5 Å². The molecule has 0 bridgehead atoms. The minimum absolute atomic E-state index is 0.223. The maximum absolute atomic E-state index is 12.4. The molecule has 2 aromatic heterocycles. The molecule has 0 fully saturated rings. The summed E-state index contributed by atoms with van der Waals surface area (Å²) in [6.45, 7) is 5.00. The molecule has 1 aromatic carbocycles. The summed E-state index contributed by atoms with van der Waals surface area (Å²) >= 11 is 0. The van der Waals surface area contributed by atoms with Crippen molar-refractivity contribution in [2.75, 3.05) is 0 Å². The van der Waals surface area contributed by atoms with Crippen LogP contribution in [0.2, 0.25) is 0 Å². The predicted octanol–water partition coefficient (Wildman–Crippen LogP) is 1.48. The van der Waals surface area contributed by atoms with Crippen molar-refractivity contribution >= 4 is 27.9 Å². The van der Waals surface area contributed by atoms with Crippen molar-refractivity contribution in [2.45, 2.75) is 26.9 Å². The first-order valence-corrected chi connectivity index (χ1v) is 6.71. The van der Waals surface area contributed by atoms with Gasteiger partial charge >= 0.3 is 5.97 Å². The molecule has 0 aliphatic carbocycles. The molecule has 0 aliphatic heterocycles. The van der Waals surface area contributed by atoms with E-state index in [0.717, 1.165) is 5.52 Å². The Morgan fingerprint density at radius 2 is 2.00 bits per heavy atom. The summed E-state index contributed by atoms with van der Waals surface area (Å²) in [5.41, 5.74) is 1.42. The number of aryl methyl sites for hydroxylation is 2. The fraction of sp³-hybridized carbons (Fsp3) is 0.286. The average molecular weight is 286 g/mol. The fourth-order valence-corrected chi connectivity index (χ4v) is 2.57. The molecule has 7 heteroatoms. The van der Waals surface area contributed by atoms with E-state index in [-0.39, 0.29) is 5.56 Å². The van der Waals surface area contributed by atoms with Gasteiger partial charge in [0.05, 0.1) is 5.52 Å². The lowest BCUT2D eigenvalue weighted by molar-refractivity contribution is 0.0695. The highest BCUT2D eigenvalue weighted by atomic mass is 16.4. The number of benzene rings is 1. The second-order valence-corrected chi connectivity index (χ2v) is 4.70. The number of pyridine rings is 1. The fourth-order valence-electron chi connectivity index (χ4n) is 2.57. The van der Waals surface area contributed by atoms with E-state index >= 15 is 0 Å². The summed E-state index contributed by atoms with van der Waals surface area (Å²) < 4.78 is 3.47. The monoisotopic (exact) mass is 286 g/mol. The molecule has 1 N–H and O–H groups in total. The molecule has 0 unspecified atom stereocenters. The van der Waals surface area contributed by atoms with Gasteiger partial charge in [0, 0.05) is 24.7 Å². The zero-order valence-corrected chi connectivity index (χ0v) is 11.7. The Morgan fingerprint density at radius 1 is 1.24 bits per heavy atom. The number of hydrogen-bond acceptors (Lipinski definition) is 4. The van der Waals surface area contributed by atoms with Gasteiger partial charge < -0.3 is 9.67 Å². The van der Waals surface area contributed by atoms with E-state index in [1.807, 2.05) is 13.8 Å². The Morgan fingerprint density at radius 3 is 2.62 bits per heavy atom. The number of aromatic carboxylic acids is 1. The van der Waals surface area contributed by atoms with E-state index in [1.54, 1.807) is 21.4 Å². The SMILES string of the molecule is CCn1cc(C(=O)O)c(=O)c2ccc3nnn(CC)c3c21. The first-order valence-electron chi connectivity index (χ1n) is 6.71. The van der Waals surface area contributed by atoms with E-state index in [1.165, 1.54) is 6.20 Å². The maximum atomic E-state index is 12.4. The molecule has 0 saturated heterocycles. The highest BCUT2D eigenvalue weighted by Crippen LogP contribution is 2.22. The van der Waals surface area contributed by atoms with Gasteiger partial charge in [-0.3, -0.25) is 4.79 Å². The van der Waals surface area contributed by atoms with Gasteiger partial charge in [-0.15, -0.1) is 5.10 Å². The number of carboxylic acids is 1. The van der Waals surface area contributed by atoms with Crippen LogP contribution in [0.1, 0.15) is 24.2 Å². The Kier molecular flexibility index (Phi) is 2.97. The van der Waals surface area contributed by atoms with Crippen LogP contribution in [0.5, 0.6) is 0 Å². The highest BCUT2D eigenvalue weighted by Gasteiger charge is 2.18. The molecule has 2 heterocycles. The molecule has 3 rings (SSSR count). The smallest absolute Gasteiger partial charge is 0.341 e. The van der Waals surface area contributed by atoms with Gasteiger partial charge in [0.25, 0.3) is 0 Å². The van der Waals surface area contributed by atoms with Crippen LogP contribution < -0.4 is 5.43 Å². The lowest BCUT2D eigenvalue weighted by atomic mass is 10.1. The molecule has 0 radical (unpaired) electrons. The first-order chi connectivity index (χ1) is 10.1. The van der Waals surface area contributed by atoms with Crippen molar-refractivity contribution in [1.29, 1.82) is 0 Å². The Hall–Kier alpha value is -2.70. The van der Waals surface area contributed by atoms with E-state index < -0.39 is 11.4 Å². The van der Waals surface area contributed by atoms with Crippen LogP contribution in [0.4, 0.5) is 0 Å². The normalized spacial score (nSPS) is 11.3. The number of rotatable bonds is 3. The van der Waals surface area contributed by atoms with Crippen molar-refractivity contribution in [1.82, 2.24) is 19.6 Å². The second kappa shape index (κ2) is 4.69. The van der Waals surface area contributed by atoms with Gasteiger partial charge in [0.1, 0.15) is 16.6 Å². The largest absolute Gasteiger partial charge is 0.477 e. The van der Waals surface area contributed by atoms with Gasteiger partial charge in [0.15, 0.2) is 0 Å². The average Bonchev–Trinajstić information content (AvgIpc) is 2.90. The summed E-state index contributed by atoms with van der Waals surface area (Å²) in [4.78, 5) is 23.6. The standard InChI is InChI=1S/C14H14N4O3/c1-3-17-7-9(14(20)21)13(19)8-5-6-10-12(11(8)17)18(4-2)16-15-10/h5-7H,3-4H2,1-2H3,(H,20,21). The minimum Gasteiger partial charge on any atom is -0.477 e. The lowest BCUT2D eigenvalue weighted by Gasteiger charge is -2.11. The quantitative estimate of drug-likeness (QED) is 0.787. The molecule has 108 valence electrons. The molecular formula is C14H14N4O3. The Balaban J connectivity index is 2.59. The van der Waals surface area contributed by atoms with Crippen molar-refractivity contribution in [3.8, 4) is 0 Å². The van der Waals surface area contributed by atoms with Crippen molar-refractivity contribution in [3.63, 3.8) is 0 Å². The minimum atomic E-state index is -1.22. The van der Waals surface area contributed by atoms with Crippen LogP contribution in [0, 0.1) is 0 Å². The zero-order valence-electron chi connectivity index (χ0n) is 11.7. The van der Waals surface area contributed by atoms with Crippen LogP contribution in [-0.4, -0.2) is 30.6 Å². The van der Waals surface area contributed by atoms with Crippen LogP contribution in [0.3, 0.4) is 0 Å². The van der Waals surface area contributed by atoms with Crippen LogP contribution in [-0.2, 0) is 13.1 Å². The van der Waals surface area contributed by atoms with Crippen LogP contribution in [0.15, 0.2) is 23.1 Å². The predicted molar refractivity (Wildman–Crippen MR) is 77.6 cm³/mol. The summed E-state index contributed by atoms with van der Waals surface area (Å²) in [5.74, 6) is -1.22. The number of fused-ring (bicyclic) bond motifs is 3. The van der Waals surface area contributed by atoms with E-state index in [2.05, 4.69) is 10.3 Å². The van der Waals surface area contributed by atoms with Crippen molar-refractivity contribution < 1.29 is 9.90 Å². The number of carbonyl (C=O) groups is 1. The van der Waals surface area contributed by atoms with Crippen molar-refractivity contribution in [2.24, 2.45) is 0 Å². The molecule has 7 nitrogen and oxygen atoms in total. The lowest BCUT2D eigenvalue weighted by Crippen LogP contribution is -2.19. The van der Waals surface area contributed by atoms with Gasteiger partial charge in [-0.05, 0) is 26.0 Å². The van der Waals surface area contributed by atoms with Crippen LogP contribution >= 0.6 is 0 Å². The molecule has 0 saturated carbocycles. The molecule has 0 atom stereocenters. The van der Waals surface area contributed by atoms with Gasteiger partial charge in [-0.1, -0.05) is 5.21 Å². The molecule has 0 spiro atoms. The summed E-state index contributed by atoms with van der Waals surface area (Å²) in [6, 6.07) is 3.32. The third kappa shape index (κ3) is 1.81. The van der Waals surface area contributed by atoms with Gasteiger partial charge in [0.2, 0.25) is 5.43 Å². The Bertz CT molecular complexity index is 923. The van der Waals surface area contributed by atoms with Gasteiger partial charge in [-0.2, -0.15) is 0 Å². The summed E-state index contributed by atoms with van der Waals surface area (Å²) in [6.07, 6.45) is 1.39. The number of carboxylic acid groups (broad SMARTS) is 1. The van der Waals surface area contributed by atoms with Crippen LogP contribution in [0.25, 0.3) is 21.9 Å². The Labute approximate surface area is 119 Å². The second-order valence-electron chi connectivity index (χ2n) is 4.70. The molecule has 21 heavy (non-hydrogen) atoms. The highest BCUT2D eigenvalue weighted by molar-refractivity contribution is 6.03. The number of hydrogen-bond donors (Lipinski definition) is 1. The molecule has 0 amide bonds. The van der Waals surface area contributed by atoms with E-state index in [4.69, 9.17) is 0 Å². The topological polar surface area (TPSA) is 90.0 Å². The zero-order chi connectivity index (χ0) is 15.1.